The second-order valence-corrected chi connectivity index (χ2v) is 4.41. The molecule has 0 saturated carbocycles. The van der Waals surface area contributed by atoms with Gasteiger partial charge in [-0.1, -0.05) is 24.9 Å². The summed E-state index contributed by atoms with van der Waals surface area (Å²) in [6.07, 6.45) is 2.75. The van der Waals surface area contributed by atoms with Crippen molar-refractivity contribution >= 4 is 23.4 Å². The molecule has 0 aliphatic rings. The topological polar surface area (TPSA) is 76.3 Å². The van der Waals surface area contributed by atoms with Gasteiger partial charge in [0.2, 0.25) is 5.91 Å². The van der Waals surface area contributed by atoms with Gasteiger partial charge in [-0.05, 0) is 12.5 Å². The van der Waals surface area contributed by atoms with Crippen molar-refractivity contribution in [3.63, 3.8) is 0 Å². The van der Waals surface area contributed by atoms with Crippen LogP contribution in [0.1, 0.15) is 30.3 Å². The van der Waals surface area contributed by atoms with E-state index in [2.05, 4.69) is 4.98 Å². The number of carbonyl (C=O) groups is 2. The molecule has 0 fully saturated rings. The average Bonchev–Trinajstić information content (AvgIpc) is 2.36. The molecule has 0 unspecified atom stereocenters. The van der Waals surface area contributed by atoms with Crippen molar-refractivity contribution in [2.24, 2.45) is 5.73 Å². The molecule has 7 heteroatoms. The van der Waals surface area contributed by atoms with Crippen LogP contribution < -0.4 is 5.73 Å². The number of hydrogen-bond acceptors (Lipinski definition) is 3. The lowest BCUT2D eigenvalue weighted by Gasteiger charge is -2.20. The highest BCUT2D eigenvalue weighted by molar-refractivity contribution is 6.31. The number of pyridine rings is 1. The Balaban J connectivity index is 2.97. The largest absolute Gasteiger partial charge is 0.368 e. The standard InChI is InChI=1S/C12H15ClFN3O2/c1-2-3-6-17(7-9(15)18)12(19)11-10(14)8(13)4-5-16-11/h4-5H,2-3,6-7H2,1H3,(H2,15,18). The SMILES string of the molecule is CCCCN(CC(N)=O)C(=O)c1nccc(Cl)c1F. The molecule has 0 radical (unpaired) electrons. The Morgan fingerprint density at radius 1 is 1.53 bits per heavy atom. The maximum Gasteiger partial charge on any atom is 0.276 e. The molecule has 104 valence electrons. The van der Waals surface area contributed by atoms with E-state index in [4.69, 9.17) is 17.3 Å². The number of nitrogens with two attached hydrogens (primary N) is 1. The van der Waals surface area contributed by atoms with Crippen molar-refractivity contribution in [3.8, 4) is 0 Å². The van der Waals surface area contributed by atoms with Crippen LogP contribution in [0.2, 0.25) is 5.02 Å². The summed E-state index contributed by atoms with van der Waals surface area (Å²) >= 11 is 5.60. The fourth-order valence-corrected chi connectivity index (χ4v) is 1.65. The van der Waals surface area contributed by atoms with E-state index in [1.54, 1.807) is 0 Å². The number of halogens is 2. The predicted molar refractivity (Wildman–Crippen MR) is 69.2 cm³/mol. The molecular weight excluding hydrogens is 273 g/mol. The van der Waals surface area contributed by atoms with Gasteiger partial charge in [0.15, 0.2) is 11.5 Å². The van der Waals surface area contributed by atoms with Crippen molar-refractivity contribution in [1.29, 1.82) is 0 Å². The number of carbonyl (C=O) groups excluding carboxylic acids is 2. The van der Waals surface area contributed by atoms with Gasteiger partial charge in [-0.15, -0.1) is 0 Å². The van der Waals surface area contributed by atoms with E-state index in [1.807, 2.05) is 6.92 Å². The van der Waals surface area contributed by atoms with Crippen molar-refractivity contribution in [1.82, 2.24) is 9.88 Å². The molecular formula is C12H15ClFN3O2. The molecule has 1 aromatic rings. The van der Waals surface area contributed by atoms with Crippen molar-refractivity contribution in [3.05, 3.63) is 28.8 Å². The summed E-state index contributed by atoms with van der Waals surface area (Å²) in [6.45, 7) is 1.98. The van der Waals surface area contributed by atoms with Gasteiger partial charge in [0.25, 0.3) is 5.91 Å². The smallest absolute Gasteiger partial charge is 0.276 e. The summed E-state index contributed by atoms with van der Waals surface area (Å²) in [7, 11) is 0. The van der Waals surface area contributed by atoms with Gasteiger partial charge in [0, 0.05) is 12.7 Å². The van der Waals surface area contributed by atoms with Gasteiger partial charge in [0.05, 0.1) is 11.6 Å². The molecule has 0 spiro atoms. The molecule has 0 atom stereocenters. The lowest BCUT2D eigenvalue weighted by atomic mass is 10.2. The summed E-state index contributed by atoms with van der Waals surface area (Å²) < 4.78 is 13.7. The highest BCUT2D eigenvalue weighted by Crippen LogP contribution is 2.17. The third-order valence-electron chi connectivity index (χ3n) is 2.46. The highest BCUT2D eigenvalue weighted by atomic mass is 35.5. The fraction of sp³-hybridized carbons (Fsp3) is 0.417. The molecule has 1 heterocycles. The number of hydrogen-bond donors (Lipinski definition) is 1. The molecule has 1 rings (SSSR count). The molecule has 0 aliphatic heterocycles. The molecule has 2 N–H and O–H groups in total. The van der Waals surface area contributed by atoms with Gasteiger partial charge in [0.1, 0.15) is 0 Å². The van der Waals surface area contributed by atoms with Crippen LogP contribution in [0.5, 0.6) is 0 Å². The summed E-state index contributed by atoms with van der Waals surface area (Å²) in [4.78, 5) is 27.9. The summed E-state index contributed by atoms with van der Waals surface area (Å²) in [5, 5.41) is -0.187. The van der Waals surface area contributed by atoms with Crippen molar-refractivity contribution < 1.29 is 14.0 Å². The highest BCUT2D eigenvalue weighted by Gasteiger charge is 2.23. The van der Waals surface area contributed by atoms with E-state index in [9.17, 15) is 14.0 Å². The lowest BCUT2D eigenvalue weighted by molar-refractivity contribution is -0.118. The van der Waals surface area contributed by atoms with Crippen LogP contribution in [0.15, 0.2) is 12.3 Å². The van der Waals surface area contributed by atoms with Crippen LogP contribution in [-0.4, -0.2) is 34.8 Å². The Morgan fingerprint density at radius 2 is 2.21 bits per heavy atom. The van der Waals surface area contributed by atoms with Gasteiger partial charge < -0.3 is 10.6 Å². The van der Waals surface area contributed by atoms with Gasteiger partial charge in [-0.25, -0.2) is 9.37 Å². The molecule has 0 saturated heterocycles. The van der Waals surface area contributed by atoms with Crippen LogP contribution in [-0.2, 0) is 4.79 Å². The van der Waals surface area contributed by atoms with Crippen LogP contribution >= 0.6 is 11.6 Å². The van der Waals surface area contributed by atoms with Crippen molar-refractivity contribution in [2.45, 2.75) is 19.8 Å². The Kier molecular flexibility index (Phi) is 5.69. The number of amides is 2. The van der Waals surface area contributed by atoms with E-state index < -0.39 is 23.3 Å². The number of unbranched alkanes of at least 4 members (excludes halogenated alkanes) is 1. The summed E-state index contributed by atoms with van der Waals surface area (Å²) in [5.41, 5.74) is 4.68. The zero-order chi connectivity index (χ0) is 14.4. The maximum absolute atomic E-state index is 13.7. The minimum atomic E-state index is -0.889. The first-order valence-corrected chi connectivity index (χ1v) is 6.22. The first-order chi connectivity index (χ1) is 8.97. The van der Waals surface area contributed by atoms with E-state index in [1.165, 1.54) is 17.2 Å². The Morgan fingerprint density at radius 3 is 2.79 bits per heavy atom. The molecule has 0 aromatic carbocycles. The molecule has 2 amide bonds. The predicted octanol–water partition coefficient (Wildman–Crippen LogP) is 1.60. The number of rotatable bonds is 6. The summed E-state index contributed by atoms with van der Waals surface area (Å²) in [5.74, 6) is -2.24. The van der Waals surface area contributed by atoms with Gasteiger partial charge in [-0.2, -0.15) is 0 Å². The van der Waals surface area contributed by atoms with E-state index >= 15 is 0 Å². The van der Waals surface area contributed by atoms with E-state index in [0.29, 0.717) is 13.0 Å². The fourth-order valence-electron chi connectivity index (χ4n) is 1.51. The van der Waals surface area contributed by atoms with E-state index in [0.717, 1.165) is 6.42 Å². The minimum Gasteiger partial charge on any atom is -0.368 e. The molecule has 0 aliphatic carbocycles. The Hall–Kier alpha value is -1.69. The van der Waals surface area contributed by atoms with Crippen LogP contribution in [0.3, 0.4) is 0 Å². The normalized spacial score (nSPS) is 10.3. The third kappa shape index (κ3) is 4.17. The number of aromatic nitrogens is 1. The number of primary amides is 1. The first-order valence-electron chi connectivity index (χ1n) is 5.85. The van der Waals surface area contributed by atoms with E-state index in [-0.39, 0.29) is 11.6 Å². The zero-order valence-electron chi connectivity index (χ0n) is 10.5. The maximum atomic E-state index is 13.7. The van der Waals surface area contributed by atoms with Gasteiger partial charge >= 0.3 is 0 Å². The molecule has 1 aromatic heterocycles. The zero-order valence-corrected chi connectivity index (χ0v) is 11.3. The molecule has 19 heavy (non-hydrogen) atoms. The monoisotopic (exact) mass is 287 g/mol. The van der Waals surface area contributed by atoms with Gasteiger partial charge in [-0.3, -0.25) is 9.59 Å². The number of nitrogens with zero attached hydrogens (tertiary/aromatic N) is 2. The van der Waals surface area contributed by atoms with Crippen LogP contribution in [0.4, 0.5) is 4.39 Å². The first kappa shape index (κ1) is 15.4. The average molecular weight is 288 g/mol. The molecule has 5 nitrogen and oxygen atoms in total. The minimum absolute atomic E-state index is 0.187. The Labute approximate surface area is 115 Å². The Bertz CT molecular complexity index is 482. The molecule has 0 bridgehead atoms. The van der Waals surface area contributed by atoms with Crippen LogP contribution in [0.25, 0.3) is 0 Å². The second-order valence-electron chi connectivity index (χ2n) is 4.00. The quantitative estimate of drug-likeness (QED) is 0.863. The van der Waals surface area contributed by atoms with Crippen LogP contribution in [0, 0.1) is 5.82 Å². The lowest BCUT2D eigenvalue weighted by Crippen LogP contribution is -2.39. The summed E-state index contributed by atoms with van der Waals surface area (Å²) in [6, 6.07) is 1.25. The second kappa shape index (κ2) is 7.04. The third-order valence-corrected chi connectivity index (χ3v) is 2.75. The van der Waals surface area contributed by atoms with Crippen molar-refractivity contribution in [2.75, 3.05) is 13.1 Å².